The third-order valence-electron chi connectivity index (χ3n) is 2.92. The molecular weight excluding hydrogens is 227 g/mol. The molecular formula is C15H25FN2. The molecule has 0 radical (unpaired) electrons. The van der Waals surface area contributed by atoms with Crippen LogP contribution in [0.25, 0.3) is 0 Å². The second kappa shape index (κ2) is 7.37. The largest absolute Gasteiger partial charge is 0.374 e. The maximum atomic E-state index is 13.9. The van der Waals surface area contributed by atoms with E-state index in [0.717, 1.165) is 30.8 Å². The van der Waals surface area contributed by atoms with Crippen molar-refractivity contribution in [2.75, 3.05) is 25.0 Å². The van der Waals surface area contributed by atoms with Crippen LogP contribution < -0.4 is 10.2 Å². The van der Waals surface area contributed by atoms with Crippen molar-refractivity contribution in [2.45, 2.75) is 33.7 Å². The van der Waals surface area contributed by atoms with Gasteiger partial charge in [0.1, 0.15) is 5.82 Å². The monoisotopic (exact) mass is 252 g/mol. The van der Waals surface area contributed by atoms with Crippen molar-refractivity contribution in [1.29, 1.82) is 0 Å². The number of hydrogen-bond donors (Lipinski definition) is 1. The first kappa shape index (κ1) is 15.0. The van der Waals surface area contributed by atoms with Gasteiger partial charge in [0.05, 0.1) is 0 Å². The van der Waals surface area contributed by atoms with E-state index in [1.807, 2.05) is 13.1 Å². The van der Waals surface area contributed by atoms with Crippen molar-refractivity contribution >= 4 is 5.69 Å². The quantitative estimate of drug-likeness (QED) is 0.800. The third-order valence-corrected chi connectivity index (χ3v) is 2.92. The van der Waals surface area contributed by atoms with Gasteiger partial charge in [0.15, 0.2) is 0 Å². The number of anilines is 1. The average Bonchev–Trinajstić information content (AvgIpc) is 2.31. The highest BCUT2D eigenvalue weighted by atomic mass is 19.1. The summed E-state index contributed by atoms with van der Waals surface area (Å²) < 4.78 is 13.9. The lowest BCUT2D eigenvalue weighted by molar-refractivity contribution is 0.534. The number of benzene rings is 1. The first-order chi connectivity index (χ1) is 8.56. The van der Waals surface area contributed by atoms with E-state index in [2.05, 4.69) is 31.0 Å². The maximum Gasteiger partial charge on any atom is 0.129 e. The van der Waals surface area contributed by atoms with Gasteiger partial charge in [0.25, 0.3) is 0 Å². The highest BCUT2D eigenvalue weighted by Gasteiger charge is 2.11. The molecule has 0 heterocycles. The van der Waals surface area contributed by atoms with Crippen LogP contribution in [0.3, 0.4) is 0 Å². The normalized spacial score (nSPS) is 11.0. The second-order valence-electron chi connectivity index (χ2n) is 5.18. The Morgan fingerprint density at radius 3 is 2.67 bits per heavy atom. The van der Waals surface area contributed by atoms with Crippen molar-refractivity contribution in [3.63, 3.8) is 0 Å². The molecule has 1 rings (SSSR count). The molecule has 0 unspecified atom stereocenters. The van der Waals surface area contributed by atoms with Crippen LogP contribution in [0.4, 0.5) is 10.1 Å². The molecule has 2 nitrogen and oxygen atoms in total. The van der Waals surface area contributed by atoms with Gasteiger partial charge in [-0.1, -0.05) is 26.8 Å². The Morgan fingerprint density at radius 2 is 2.06 bits per heavy atom. The lowest BCUT2D eigenvalue weighted by Crippen LogP contribution is -2.24. The zero-order valence-corrected chi connectivity index (χ0v) is 12.0. The molecule has 102 valence electrons. The zero-order valence-electron chi connectivity index (χ0n) is 12.0. The Morgan fingerprint density at radius 1 is 1.33 bits per heavy atom. The van der Waals surface area contributed by atoms with Crippen LogP contribution in [0.1, 0.15) is 32.8 Å². The van der Waals surface area contributed by atoms with Gasteiger partial charge >= 0.3 is 0 Å². The molecule has 0 fully saturated rings. The molecule has 3 heteroatoms. The minimum Gasteiger partial charge on any atom is -0.374 e. The van der Waals surface area contributed by atoms with E-state index in [9.17, 15) is 4.39 Å². The number of nitrogens with zero attached hydrogens (tertiary/aromatic N) is 1. The van der Waals surface area contributed by atoms with Gasteiger partial charge in [0, 0.05) is 31.4 Å². The van der Waals surface area contributed by atoms with Crippen molar-refractivity contribution in [2.24, 2.45) is 5.92 Å². The summed E-state index contributed by atoms with van der Waals surface area (Å²) in [4.78, 5) is 2.12. The Bertz CT molecular complexity index is 364. The first-order valence-electron chi connectivity index (χ1n) is 6.75. The van der Waals surface area contributed by atoms with Crippen LogP contribution >= 0.6 is 0 Å². The maximum absolute atomic E-state index is 13.9. The van der Waals surface area contributed by atoms with Crippen molar-refractivity contribution in [1.82, 2.24) is 5.32 Å². The minimum atomic E-state index is -0.119. The van der Waals surface area contributed by atoms with Gasteiger partial charge in [-0.2, -0.15) is 0 Å². The molecule has 0 atom stereocenters. The molecule has 1 aromatic rings. The van der Waals surface area contributed by atoms with Gasteiger partial charge < -0.3 is 10.2 Å². The number of nitrogens with one attached hydrogen (secondary N) is 1. The topological polar surface area (TPSA) is 15.3 Å². The Labute approximate surface area is 110 Å². The van der Waals surface area contributed by atoms with E-state index in [1.165, 1.54) is 6.07 Å². The summed E-state index contributed by atoms with van der Waals surface area (Å²) in [6.45, 7) is 8.88. The summed E-state index contributed by atoms with van der Waals surface area (Å²) >= 11 is 0. The lowest BCUT2D eigenvalue weighted by atomic mass is 10.1. The van der Waals surface area contributed by atoms with E-state index in [-0.39, 0.29) is 5.82 Å². The highest BCUT2D eigenvalue weighted by molar-refractivity contribution is 5.53. The number of halogens is 1. The fourth-order valence-corrected chi connectivity index (χ4v) is 2.02. The van der Waals surface area contributed by atoms with Gasteiger partial charge in [-0.15, -0.1) is 0 Å². The van der Waals surface area contributed by atoms with E-state index in [0.29, 0.717) is 12.5 Å². The molecule has 0 aliphatic carbocycles. The zero-order chi connectivity index (χ0) is 13.5. The van der Waals surface area contributed by atoms with Gasteiger partial charge in [-0.05, 0) is 31.0 Å². The second-order valence-corrected chi connectivity index (χ2v) is 5.18. The number of hydrogen-bond acceptors (Lipinski definition) is 2. The van der Waals surface area contributed by atoms with Crippen molar-refractivity contribution in [3.8, 4) is 0 Å². The van der Waals surface area contributed by atoms with Crippen LogP contribution in [0.2, 0.25) is 0 Å². The molecule has 0 spiro atoms. The Balaban J connectivity index is 2.80. The van der Waals surface area contributed by atoms with Gasteiger partial charge in [-0.3, -0.25) is 0 Å². The fraction of sp³-hybridized carbons (Fsp3) is 0.600. The van der Waals surface area contributed by atoms with Crippen molar-refractivity contribution in [3.05, 3.63) is 29.6 Å². The molecule has 0 aromatic heterocycles. The molecule has 18 heavy (non-hydrogen) atoms. The van der Waals surface area contributed by atoms with E-state index >= 15 is 0 Å². The fourth-order valence-electron chi connectivity index (χ4n) is 2.02. The molecule has 1 aromatic carbocycles. The van der Waals surface area contributed by atoms with E-state index in [4.69, 9.17) is 0 Å². The standard InChI is InChI=1S/C15H25FN2/c1-5-9-18(4)15-8-6-7-14(16)13(15)11-17-10-12(2)3/h6-8,12,17H,5,9-11H2,1-4H3. The van der Waals surface area contributed by atoms with E-state index in [1.54, 1.807) is 6.07 Å². The molecule has 0 saturated heterocycles. The molecule has 0 saturated carbocycles. The Kier molecular flexibility index (Phi) is 6.13. The summed E-state index contributed by atoms with van der Waals surface area (Å²) in [5, 5.41) is 3.31. The molecule has 0 amide bonds. The first-order valence-corrected chi connectivity index (χ1v) is 6.75. The number of rotatable bonds is 7. The lowest BCUT2D eigenvalue weighted by Gasteiger charge is -2.22. The summed E-state index contributed by atoms with van der Waals surface area (Å²) in [5.41, 5.74) is 1.77. The molecule has 0 aliphatic heterocycles. The summed E-state index contributed by atoms with van der Waals surface area (Å²) in [6.07, 6.45) is 1.06. The van der Waals surface area contributed by atoms with Gasteiger partial charge in [-0.25, -0.2) is 4.39 Å². The SMILES string of the molecule is CCCN(C)c1cccc(F)c1CNCC(C)C. The minimum absolute atomic E-state index is 0.119. The van der Waals surface area contributed by atoms with Gasteiger partial charge in [0.2, 0.25) is 0 Å². The van der Waals surface area contributed by atoms with Crippen molar-refractivity contribution < 1.29 is 4.39 Å². The Hall–Kier alpha value is -1.09. The van der Waals surface area contributed by atoms with E-state index < -0.39 is 0 Å². The summed E-state index contributed by atoms with van der Waals surface area (Å²) in [6, 6.07) is 5.31. The van der Waals surface area contributed by atoms with Crippen LogP contribution in [0.5, 0.6) is 0 Å². The molecule has 0 bridgehead atoms. The molecule has 1 N–H and O–H groups in total. The third kappa shape index (κ3) is 4.30. The summed E-state index contributed by atoms with van der Waals surface area (Å²) in [5.74, 6) is 0.459. The smallest absolute Gasteiger partial charge is 0.129 e. The summed E-state index contributed by atoms with van der Waals surface area (Å²) in [7, 11) is 2.02. The predicted octanol–water partition coefficient (Wildman–Crippen LogP) is 3.42. The average molecular weight is 252 g/mol. The van der Waals surface area contributed by atoms with Crippen LogP contribution in [-0.4, -0.2) is 20.1 Å². The van der Waals surface area contributed by atoms with Crippen LogP contribution in [-0.2, 0) is 6.54 Å². The predicted molar refractivity (Wildman–Crippen MR) is 76.5 cm³/mol. The molecule has 0 aliphatic rings. The highest BCUT2D eigenvalue weighted by Crippen LogP contribution is 2.22. The van der Waals surface area contributed by atoms with Crippen LogP contribution in [0, 0.1) is 11.7 Å². The van der Waals surface area contributed by atoms with Crippen LogP contribution in [0.15, 0.2) is 18.2 Å².